The summed E-state index contributed by atoms with van der Waals surface area (Å²) in [4.78, 5) is 28.2. The van der Waals surface area contributed by atoms with Crippen LogP contribution in [0.4, 0.5) is 28.9 Å². The highest BCUT2D eigenvalue weighted by atomic mass is 32.1. The minimum absolute atomic E-state index is 0.0246. The van der Waals surface area contributed by atoms with Gasteiger partial charge < -0.3 is 29.5 Å². The summed E-state index contributed by atoms with van der Waals surface area (Å²) in [7, 11) is 1.37. The first kappa shape index (κ1) is 27.7. The van der Waals surface area contributed by atoms with Crippen molar-refractivity contribution in [1.82, 2.24) is 9.47 Å². The third kappa shape index (κ3) is 5.05. The third-order valence-corrected chi connectivity index (χ3v) is 7.56. The highest BCUT2D eigenvalue weighted by Gasteiger charge is 2.34. The second-order valence-electron chi connectivity index (χ2n) is 9.95. The van der Waals surface area contributed by atoms with Crippen LogP contribution in [0.3, 0.4) is 0 Å². The van der Waals surface area contributed by atoms with Crippen LogP contribution in [-0.4, -0.2) is 58.4 Å². The Morgan fingerprint density at radius 2 is 1.93 bits per heavy atom. The van der Waals surface area contributed by atoms with Crippen molar-refractivity contribution in [2.24, 2.45) is 0 Å². The lowest BCUT2D eigenvalue weighted by atomic mass is 10.1. The average Bonchev–Trinajstić information content (AvgIpc) is 3.73. The summed E-state index contributed by atoms with van der Waals surface area (Å²) in [6, 6.07) is 5.53. The van der Waals surface area contributed by atoms with E-state index in [0.717, 1.165) is 31.0 Å². The molecule has 8 nitrogen and oxygen atoms in total. The van der Waals surface area contributed by atoms with Gasteiger partial charge in [-0.05, 0) is 56.2 Å². The summed E-state index contributed by atoms with van der Waals surface area (Å²) in [5.41, 5.74) is -1.32. The number of thiocarbonyl (C=S) groups is 1. The van der Waals surface area contributed by atoms with E-state index in [4.69, 9.17) is 17.0 Å². The largest absolute Gasteiger partial charge is 0.492 e. The molecule has 40 heavy (non-hydrogen) atoms. The summed E-state index contributed by atoms with van der Waals surface area (Å²) >= 11 is 5.49. The number of piperazine rings is 1. The molecule has 1 unspecified atom stereocenters. The normalized spacial score (nSPS) is 17.7. The second kappa shape index (κ2) is 10.3. The van der Waals surface area contributed by atoms with Gasteiger partial charge in [0.05, 0.1) is 23.6 Å². The predicted molar refractivity (Wildman–Crippen MR) is 146 cm³/mol. The van der Waals surface area contributed by atoms with Gasteiger partial charge >= 0.3 is 12.1 Å². The Bertz CT molecular complexity index is 1570. The zero-order chi connectivity index (χ0) is 28.9. The Kier molecular flexibility index (Phi) is 7.11. The maximum absolute atomic E-state index is 15.7. The van der Waals surface area contributed by atoms with E-state index in [1.807, 2.05) is 11.8 Å². The molecule has 0 radical (unpaired) electrons. The lowest BCUT2D eigenvalue weighted by Crippen LogP contribution is -2.55. The number of methoxy groups -OCH3 is 1. The Labute approximate surface area is 231 Å². The molecular weight excluding hydrogens is 552 g/mol. The molecule has 2 fully saturated rings. The molecular formula is C27H26F4N4O4S. The number of alkyl halides is 3. The van der Waals surface area contributed by atoms with E-state index < -0.39 is 34.5 Å². The van der Waals surface area contributed by atoms with Crippen LogP contribution in [0.25, 0.3) is 10.9 Å². The number of aromatic nitrogens is 1. The minimum atomic E-state index is -4.49. The Hall–Kier alpha value is -3.87. The molecule has 1 saturated heterocycles. The molecule has 2 aliphatic rings. The second-order valence-corrected chi connectivity index (χ2v) is 10.3. The summed E-state index contributed by atoms with van der Waals surface area (Å²) in [6.07, 6.45) is -1.61. The molecule has 2 aromatic carbocycles. The van der Waals surface area contributed by atoms with Crippen LogP contribution < -0.4 is 20.4 Å². The quantitative estimate of drug-likeness (QED) is 0.319. The fourth-order valence-corrected chi connectivity index (χ4v) is 5.54. The molecule has 2 N–H and O–H groups in total. The number of halogens is 4. The fourth-order valence-electron chi connectivity index (χ4n) is 5.16. The van der Waals surface area contributed by atoms with Gasteiger partial charge in [0.15, 0.2) is 16.7 Å². The smallest absolute Gasteiger partial charge is 0.416 e. The number of carbonyl (C=O) groups is 1. The number of aromatic carboxylic acids is 1. The van der Waals surface area contributed by atoms with Crippen LogP contribution in [0.15, 0.2) is 41.3 Å². The molecule has 2 heterocycles. The number of carboxylic acids is 1. The molecule has 1 atom stereocenters. The van der Waals surface area contributed by atoms with E-state index >= 15 is 4.39 Å². The van der Waals surface area contributed by atoms with E-state index in [2.05, 4.69) is 5.32 Å². The van der Waals surface area contributed by atoms with Crippen LogP contribution in [0.5, 0.6) is 5.75 Å². The maximum atomic E-state index is 15.7. The van der Waals surface area contributed by atoms with Gasteiger partial charge in [-0.25, -0.2) is 9.18 Å². The number of pyridine rings is 1. The molecule has 0 bridgehead atoms. The van der Waals surface area contributed by atoms with Gasteiger partial charge in [-0.2, -0.15) is 13.2 Å². The van der Waals surface area contributed by atoms with Gasteiger partial charge in [-0.15, -0.1) is 0 Å². The Morgan fingerprint density at radius 3 is 2.52 bits per heavy atom. The van der Waals surface area contributed by atoms with Crippen LogP contribution in [0, 0.1) is 5.82 Å². The summed E-state index contributed by atoms with van der Waals surface area (Å²) in [6.45, 7) is 2.79. The Balaban J connectivity index is 1.44. The molecule has 1 aromatic heterocycles. The number of carboxylic acid groups (broad SMARTS) is 1. The average molecular weight is 579 g/mol. The van der Waals surface area contributed by atoms with Gasteiger partial charge in [-0.3, -0.25) is 4.79 Å². The highest BCUT2D eigenvalue weighted by Crippen LogP contribution is 2.44. The summed E-state index contributed by atoms with van der Waals surface area (Å²) in [5.74, 6) is -1.97. The molecule has 1 saturated carbocycles. The van der Waals surface area contributed by atoms with Gasteiger partial charge in [0.25, 0.3) is 0 Å². The SMILES string of the molecule is COc1c(N2CCN(C(=S)Nc3cccc(C(F)(F)F)c3)C(C)C2)c(F)cc2c(=O)c(C(=O)O)cn(C3CC3)c12. The maximum Gasteiger partial charge on any atom is 0.416 e. The highest BCUT2D eigenvalue weighted by molar-refractivity contribution is 7.80. The third-order valence-electron chi connectivity index (χ3n) is 7.22. The van der Waals surface area contributed by atoms with Gasteiger partial charge in [0.2, 0.25) is 5.43 Å². The zero-order valence-electron chi connectivity index (χ0n) is 21.6. The number of hydrogen-bond donors (Lipinski definition) is 2. The molecule has 5 rings (SSSR count). The molecule has 13 heteroatoms. The van der Waals surface area contributed by atoms with Crippen molar-refractivity contribution in [1.29, 1.82) is 0 Å². The standard InChI is InChI=1S/C27H26F4N4O4S/c1-14-12-33(8-9-34(14)26(40)32-16-5-3-4-15(10-16)27(29,30)31)22-20(28)11-18-21(24(22)39-2)35(17-6-7-17)13-19(23(18)36)25(37)38/h3-5,10-11,13-14,17H,6-9,12H2,1-2H3,(H,32,40)(H,37,38). The molecule has 1 aliphatic carbocycles. The molecule has 3 aromatic rings. The molecule has 1 aliphatic heterocycles. The predicted octanol–water partition coefficient (Wildman–Crippen LogP) is 5.11. The summed E-state index contributed by atoms with van der Waals surface area (Å²) < 4.78 is 62.3. The van der Waals surface area contributed by atoms with E-state index in [9.17, 15) is 27.9 Å². The van der Waals surface area contributed by atoms with Crippen LogP contribution >= 0.6 is 12.2 Å². The number of rotatable bonds is 5. The number of hydrogen-bond acceptors (Lipinski definition) is 5. The molecule has 212 valence electrons. The number of fused-ring (bicyclic) bond motifs is 1. The zero-order valence-corrected chi connectivity index (χ0v) is 22.4. The van der Waals surface area contributed by atoms with Crippen LogP contribution in [0.2, 0.25) is 0 Å². The number of nitrogens with one attached hydrogen (secondary N) is 1. The number of nitrogens with zero attached hydrogens (tertiary/aromatic N) is 3. The molecule has 0 amide bonds. The van der Waals surface area contributed by atoms with Gasteiger partial charge in [0.1, 0.15) is 11.3 Å². The van der Waals surface area contributed by atoms with Gasteiger partial charge in [-0.1, -0.05) is 6.07 Å². The number of anilines is 2. The number of ether oxygens (including phenoxy) is 1. The van der Waals surface area contributed by atoms with Crippen LogP contribution in [0.1, 0.15) is 41.7 Å². The molecule has 0 spiro atoms. The van der Waals surface area contributed by atoms with Crippen molar-refractivity contribution in [2.45, 2.75) is 38.0 Å². The van der Waals surface area contributed by atoms with Crippen molar-refractivity contribution >= 4 is 45.6 Å². The van der Waals surface area contributed by atoms with E-state index in [1.54, 1.807) is 9.47 Å². The monoisotopic (exact) mass is 578 g/mol. The Morgan fingerprint density at radius 1 is 1.20 bits per heavy atom. The summed E-state index contributed by atoms with van der Waals surface area (Å²) in [5, 5.41) is 12.6. The van der Waals surface area contributed by atoms with Crippen molar-refractivity contribution in [3.8, 4) is 5.75 Å². The van der Waals surface area contributed by atoms with Crippen molar-refractivity contribution in [3.63, 3.8) is 0 Å². The van der Waals surface area contributed by atoms with Crippen LogP contribution in [-0.2, 0) is 6.18 Å². The lowest BCUT2D eigenvalue weighted by Gasteiger charge is -2.42. The first-order valence-corrected chi connectivity index (χ1v) is 13.0. The number of benzene rings is 2. The fraction of sp³-hybridized carbons (Fsp3) is 0.370. The van der Waals surface area contributed by atoms with E-state index in [0.29, 0.717) is 25.2 Å². The minimum Gasteiger partial charge on any atom is -0.492 e. The topological polar surface area (TPSA) is 87.0 Å². The van der Waals surface area contributed by atoms with E-state index in [-0.39, 0.29) is 39.7 Å². The first-order chi connectivity index (χ1) is 18.9. The van der Waals surface area contributed by atoms with Gasteiger partial charge in [0, 0.05) is 43.6 Å². The van der Waals surface area contributed by atoms with Crippen molar-refractivity contribution in [3.05, 3.63) is 63.7 Å². The van der Waals surface area contributed by atoms with E-state index in [1.165, 1.54) is 25.4 Å². The van der Waals surface area contributed by atoms with Crippen molar-refractivity contribution < 1.29 is 32.2 Å². The first-order valence-electron chi connectivity index (χ1n) is 12.6. The lowest BCUT2D eigenvalue weighted by molar-refractivity contribution is -0.137. The van der Waals surface area contributed by atoms with Crippen molar-refractivity contribution in [2.75, 3.05) is 37.0 Å².